The van der Waals surface area contributed by atoms with E-state index in [2.05, 4.69) is 20.9 Å². The maximum atomic E-state index is 12.9. The molecule has 0 aliphatic rings. The zero-order chi connectivity index (χ0) is 27.1. The van der Waals surface area contributed by atoms with Crippen LogP contribution in [-0.4, -0.2) is 88.7 Å². The number of aliphatic hydroxyl groups is 1. The standard InChI is InChI=1S/C21H41N7O6S/c1-11(2)10-13(22)17(30)28-16(12(3)29)19(32)26-14(6-5-8-25-21(23)24)18(31)27-15(20(33)34)7-9-35-4/h11-16,29H,5-10,22H2,1-4H3,(H,26,32)(H,27,31)(H,28,30)(H,33,34)(H4,23,24,25). The van der Waals surface area contributed by atoms with Gasteiger partial charge in [0.25, 0.3) is 0 Å². The second kappa shape index (κ2) is 16.9. The van der Waals surface area contributed by atoms with E-state index in [-0.39, 0.29) is 31.3 Å². The Bertz CT molecular complexity index is 731. The maximum absolute atomic E-state index is 12.9. The number of hydrogen-bond donors (Lipinski definition) is 8. The Balaban J connectivity index is 5.52. The number of nitrogens with two attached hydrogens (primary N) is 3. The third kappa shape index (κ3) is 13.8. The number of aliphatic imine (C=N–C) groups is 1. The van der Waals surface area contributed by atoms with Crippen LogP contribution in [0.25, 0.3) is 0 Å². The van der Waals surface area contributed by atoms with Gasteiger partial charge in [0, 0.05) is 6.54 Å². The van der Waals surface area contributed by atoms with Gasteiger partial charge in [-0.15, -0.1) is 0 Å². The van der Waals surface area contributed by atoms with E-state index >= 15 is 0 Å². The third-order valence-corrected chi connectivity index (χ3v) is 5.57. The average Bonchev–Trinajstić information content (AvgIpc) is 2.75. The summed E-state index contributed by atoms with van der Waals surface area (Å²) in [4.78, 5) is 53.6. The molecule has 0 rings (SSSR count). The lowest BCUT2D eigenvalue weighted by molar-refractivity contribution is -0.142. The largest absolute Gasteiger partial charge is 0.480 e. The van der Waals surface area contributed by atoms with Crippen molar-refractivity contribution in [2.75, 3.05) is 18.6 Å². The molecule has 0 saturated carbocycles. The van der Waals surface area contributed by atoms with Gasteiger partial charge in [0.05, 0.1) is 12.1 Å². The minimum absolute atomic E-state index is 0.0799. The van der Waals surface area contributed by atoms with Crippen LogP contribution in [0.15, 0.2) is 4.99 Å². The number of hydrogen-bond acceptors (Lipinski definition) is 8. The van der Waals surface area contributed by atoms with Crippen molar-refractivity contribution in [3.05, 3.63) is 0 Å². The van der Waals surface area contributed by atoms with Gasteiger partial charge in [0.1, 0.15) is 18.1 Å². The van der Waals surface area contributed by atoms with Crippen LogP contribution in [0.5, 0.6) is 0 Å². The van der Waals surface area contributed by atoms with Gasteiger partial charge in [0.15, 0.2) is 5.96 Å². The second-order valence-electron chi connectivity index (χ2n) is 8.65. The number of amides is 3. The predicted molar refractivity (Wildman–Crippen MR) is 135 cm³/mol. The molecule has 5 unspecified atom stereocenters. The highest BCUT2D eigenvalue weighted by molar-refractivity contribution is 7.98. The minimum Gasteiger partial charge on any atom is -0.480 e. The fraction of sp³-hybridized carbons (Fsp3) is 0.762. The summed E-state index contributed by atoms with van der Waals surface area (Å²) in [5, 5.41) is 26.9. The van der Waals surface area contributed by atoms with Gasteiger partial charge < -0.3 is 43.4 Å². The van der Waals surface area contributed by atoms with Gasteiger partial charge in [-0.3, -0.25) is 19.4 Å². The number of nitrogens with zero attached hydrogens (tertiary/aromatic N) is 1. The molecule has 0 aromatic heterocycles. The van der Waals surface area contributed by atoms with Crippen molar-refractivity contribution in [1.82, 2.24) is 16.0 Å². The number of aliphatic carboxylic acids is 1. The summed E-state index contributed by atoms with van der Waals surface area (Å²) >= 11 is 1.43. The zero-order valence-electron chi connectivity index (χ0n) is 20.8. The molecule has 5 atom stereocenters. The van der Waals surface area contributed by atoms with Crippen molar-refractivity contribution in [3.8, 4) is 0 Å². The Kier molecular flexibility index (Phi) is 15.7. The number of thioether (sulfide) groups is 1. The number of guanidine groups is 1. The molecule has 0 spiro atoms. The average molecular weight is 520 g/mol. The quantitative estimate of drug-likeness (QED) is 0.0602. The molecular weight excluding hydrogens is 478 g/mol. The first-order valence-electron chi connectivity index (χ1n) is 11.4. The molecule has 0 aliphatic heterocycles. The van der Waals surface area contributed by atoms with Gasteiger partial charge in [-0.05, 0) is 50.5 Å². The van der Waals surface area contributed by atoms with Crippen molar-refractivity contribution in [2.24, 2.45) is 28.1 Å². The summed E-state index contributed by atoms with van der Waals surface area (Å²) < 4.78 is 0. The molecule has 0 radical (unpaired) electrons. The summed E-state index contributed by atoms with van der Waals surface area (Å²) in [5.41, 5.74) is 16.5. The lowest BCUT2D eigenvalue weighted by atomic mass is 10.0. The highest BCUT2D eigenvalue weighted by Gasteiger charge is 2.32. The fourth-order valence-electron chi connectivity index (χ4n) is 3.08. The smallest absolute Gasteiger partial charge is 0.326 e. The summed E-state index contributed by atoms with van der Waals surface area (Å²) in [6.07, 6.45) is 1.47. The molecule has 14 heteroatoms. The molecule has 13 nitrogen and oxygen atoms in total. The first kappa shape index (κ1) is 32.4. The number of aliphatic hydroxyl groups excluding tert-OH is 1. The van der Waals surface area contributed by atoms with E-state index in [0.717, 1.165) is 0 Å². The highest BCUT2D eigenvalue weighted by Crippen LogP contribution is 2.07. The molecule has 0 fully saturated rings. The summed E-state index contributed by atoms with van der Waals surface area (Å²) in [5.74, 6) is -2.84. The van der Waals surface area contributed by atoms with E-state index in [1.807, 2.05) is 20.1 Å². The van der Waals surface area contributed by atoms with Gasteiger partial charge in [-0.2, -0.15) is 11.8 Å². The van der Waals surface area contributed by atoms with Gasteiger partial charge in [-0.25, -0.2) is 4.79 Å². The van der Waals surface area contributed by atoms with Crippen LogP contribution in [-0.2, 0) is 19.2 Å². The Labute approximate surface area is 210 Å². The van der Waals surface area contributed by atoms with Crippen molar-refractivity contribution in [2.45, 2.75) is 76.7 Å². The molecule has 202 valence electrons. The zero-order valence-corrected chi connectivity index (χ0v) is 21.6. The first-order valence-corrected chi connectivity index (χ1v) is 12.8. The van der Waals surface area contributed by atoms with Crippen LogP contribution >= 0.6 is 11.8 Å². The Hall–Kier alpha value is -2.58. The second-order valence-corrected chi connectivity index (χ2v) is 9.64. The van der Waals surface area contributed by atoms with Crippen LogP contribution < -0.4 is 33.2 Å². The summed E-state index contributed by atoms with van der Waals surface area (Å²) in [6, 6.07) is -4.56. The molecule has 11 N–H and O–H groups in total. The summed E-state index contributed by atoms with van der Waals surface area (Å²) in [7, 11) is 0. The monoisotopic (exact) mass is 519 g/mol. The SMILES string of the molecule is CSCCC(NC(=O)C(CCCN=C(N)N)NC(=O)C(NC(=O)C(N)CC(C)C)C(C)O)C(=O)O. The van der Waals surface area contributed by atoms with E-state index in [9.17, 15) is 29.4 Å². The number of carbonyl (C=O) groups is 4. The van der Waals surface area contributed by atoms with Crippen molar-refractivity contribution >= 4 is 41.4 Å². The predicted octanol–water partition coefficient (Wildman–Crippen LogP) is -1.91. The van der Waals surface area contributed by atoms with Crippen LogP contribution in [0.1, 0.15) is 46.5 Å². The first-order chi connectivity index (χ1) is 16.3. The van der Waals surface area contributed by atoms with Crippen LogP contribution in [0.2, 0.25) is 0 Å². The number of carboxylic acids is 1. The van der Waals surface area contributed by atoms with E-state index in [4.69, 9.17) is 17.2 Å². The molecule has 0 saturated heterocycles. The van der Waals surface area contributed by atoms with Gasteiger partial charge in [0.2, 0.25) is 17.7 Å². The minimum atomic E-state index is -1.37. The number of nitrogens with one attached hydrogen (secondary N) is 3. The maximum Gasteiger partial charge on any atom is 0.326 e. The number of rotatable bonds is 17. The van der Waals surface area contributed by atoms with E-state index < -0.39 is 54.0 Å². The van der Waals surface area contributed by atoms with E-state index in [1.54, 1.807) is 0 Å². The fourth-order valence-corrected chi connectivity index (χ4v) is 3.55. The number of carbonyl (C=O) groups excluding carboxylic acids is 3. The van der Waals surface area contributed by atoms with Gasteiger partial charge in [-0.1, -0.05) is 13.8 Å². The third-order valence-electron chi connectivity index (χ3n) is 4.93. The van der Waals surface area contributed by atoms with E-state index in [1.165, 1.54) is 18.7 Å². The molecule has 0 aromatic carbocycles. The topological polar surface area (TPSA) is 235 Å². The molecule has 0 aliphatic carbocycles. The van der Waals surface area contributed by atoms with Crippen LogP contribution in [0, 0.1) is 5.92 Å². The van der Waals surface area contributed by atoms with Crippen LogP contribution in [0.4, 0.5) is 0 Å². The molecule has 35 heavy (non-hydrogen) atoms. The highest BCUT2D eigenvalue weighted by atomic mass is 32.2. The van der Waals surface area contributed by atoms with Crippen LogP contribution in [0.3, 0.4) is 0 Å². The van der Waals surface area contributed by atoms with Crippen molar-refractivity contribution in [3.63, 3.8) is 0 Å². The lowest BCUT2D eigenvalue weighted by Gasteiger charge is -2.26. The summed E-state index contributed by atoms with van der Waals surface area (Å²) in [6.45, 7) is 5.27. The molecule has 0 heterocycles. The van der Waals surface area contributed by atoms with E-state index in [0.29, 0.717) is 18.6 Å². The molecular formula is C21H41N7O6S. The van der Waals surface area contributed by atoms with Crippen molar-refractivity contribution in [1.29, 1.82) is 0 Å². The lowest BCUT2D eigenvalue weighted by Crippen LogP contribution is -2.59. The van der Waals surface area contributed by atoms with Gasteiger partial charge >= 0.3 is 5.97 Å². The molecule has 0 bridgehead atoms. The molecule has 0 aromatic rings. The normalized spacial score (nSPS) is 15.3. The number of carboxylic acid groups (broad SMARTS) is 1. The molecule has 3 amide bonds. The van der Waals surface area contributed by atoms with Crippen molar-refractivity contribution < 1.29 is 29.4 Å². The Morgan fingerprint density at radius 2 is 1.54 bits per heavy atom. The Morgan fingerprint density at radius 1 is 0.943 bits per heavy atom. The Morgan fingerprint density at radius 3 is 2.03 bits per heavy atom.